The van der Waals surface area contributed by atoms with Gasteiger partial charge in [-0.25, -0.2) is 0 Å². The van der Waals surface area contributed by atoms with E-state index in [1.807, 2.05) is 0 Å². The SMILES string of the molecule is CCCCCCCCCCCCCC(=O)OC[C@H](CO[C@H]1O[C@H](CO)[C@@H](O)[C@H](O)[C@H]1O)OC(=O)CCCCCCCCCCCCC. The molecule has 0 amide bonds. The normalized spacial score (nSPS) is 21.9. The number of aliphatic hydroxyl groups excluding tert-OH is 4. The number of aliphatic hydroxyl groups is 4. The maximum atomic E-state index is 12.6. The Labute approximate surface area is 285 Å². The van der Waals surface area contributed by atoms with Gasteiger partial charge in [-0.3, -0.25) is 9.59 Å². The van der Waals surface area contributed by atoms with Crippen LogP contribution in [0.5, 0.6) is 0 Å². The first-order chi connectivity index (χ1) is 22.8. The van der Waals surface area contributed by atoms with Crippen molar-refractivity contribution in [3.05, 3.63) is 0 Å². The number of carbonyl (C=O) groups excluding carboxylic acids is 2. The molecule has 1 rings (SSSR count). The van der Waals surface area contributed by atoms with Crippen molar-refractivity contribution in [1.82, 2.24) is 0 Å². The maximum absolute atomic E-state index is 12.6. The van der Waals surface area contributed by atoms with Crippen molar-refractivity contribution >= 4 is 11.9 Å². The van der Waals surface area contributed by atoms with Gasteiger partial charge in [0.05, 0.1) is 13.2 Å². The number of unbranched alkanes of at least 4 members (excludes halogenated alkanes) is 20. The van der Waals surface area contributed by atoms with E-state index in [1.54, 1.807) is 0 Å². The zero-order valence-corrected chi connectivity index (χ0v) is 29.8. The van der Waals surface area contributed by atoms with Crippen LogP contribution in [0, 0.1) is 0 Å². The van der Waals surface area contributed by atoms with Crippen molar-refractivity contribution < 1.29 is 49.0 Å². The molecule has 6 atom stereocenters. The molecule has 1 heterocycles. The molecule has 0 aromatic heterocycles. The highest BCUT2D eigenvalue weighted by Crippen LogP contribution is 2.22. The van der Waals surface area contributed by atoms with E-state index < -0.39 is 49.4 Å². The summed E-state index contributed by atoms with van der Waals surface area (Å²) < 4.78 is 22.0. The predicted molar refractivity (Wildman–Crippen MR) is 183 cm³/mol. The first-order valence-corrected chi connectivity index (χ1v) is 19.1. The molecule has 0 unspecified atom stereocenters. The van der Waals surface area contributed by atoms with Crippen molar-refractivity contribution in [3.8, 4) is 0 Å². The van der Waals surface area contributed by atoms with Crippen LogP contribution < -0.4 is 0 Å². The van der Waals surface area contributed by atoms with Crippen molar-refractivity contribution in [2.45, 2.75) is 205 Å². The summed E-state index contributed by atoms with van der Waals surface area (Å²) in [6, 6.07) is 0. The largest absolute Gasteiger partial charge is 0.462 e. The minimum absolute atomic E-state index is 0.210. The van der Waals surface area contributed by atoms with Gasteiger partial charge in [-0.1, -0.05) is 142 Å². The molecule has 1 aliphatic rings. The maximum Gasteiger partial charge on any atom is 0.306 e. The Morgan fingerprint density at radius 1 is 0.574 bits per heavy atom. The smallest absolute Gasteiger partial charge is 0.306 e. The van der Waals surface area contributed by atoms with Gasteiger partial charge in [0.15, 0.2) is 12.4 Å². The fourth-order valence-corrected chi connectivity index (χ4v) is 5.89. The summed E-state index contributed by atoms with van der Waals surface area (Å²) in [7, 11) is 0. The summed E-state index contributed by atoms with van der Waals surface area (Å²) in [5.41, 5.74) is 0. The Kier molecular flexibility index (Phi) is 27.5. The lowest BCUT2D eigenvalue weighted by molar-refractivity contribution is -0.305. The van der Waals surface area contributed by atoms with Crippen LogP contribution >= 0.6 is 0 Å². The number of hydrogen-bond acceptors (Lipinski definition) is 10. The third-order valence-electron chi connectivity index (χ3n) is 8.99. The van der Waals surface area contributed by atoms with Crippen LogP contribution in [0.2, 0.25) is 0 Å². The van der Waals surface area contributed by atoms with Crippen LogP contribution in [0.4, 0.5) is 0 Å². The molecule has 1 aliphatic heterocycles. The van der Waals surface area contributed by atoms with Crippen LogP contribution in [-0.4, -0.2) is 89.0 Å². The quantitative estimate of drug-likeness (QED) is 0.0464. The summed E-state index contributed by atoms with van der Waals surface area (Å²) >= 11 is 0. The number of hydrogen-bond donors (Lipinski definition) is 4. The number of rotatable bonds is 31. The number of esters is 2. The van der Waals surface area contributed by atoms with Gasteiger partial charge in [-0.2, -0.15) is 0 Å². The fourth-order valence-electron chi connectivity index (χ4n) is 5.89. The highest BCUT2D eigenvalue weighted by molar-refractivity contribution is 5.70. The Morgan fingerprint density at radius 3 is 1.45 bits per heavy atom. The minimum atomic E-state index is -1.59. The molecule has 0 bridgehead atoms. The van der Waals surface area contributed by atoms with Crippen LogP contribution in [0.25, 0.3) is 0 Å². The topological polar surface area (TPSA) is 152 Å². The van der Waals surface area contributed by atoms with Crippen molar-refractivity contribution in [1.29, 1.82) is 0 Å². The van der Waals surface area contributed by atoms with Gasteiger partial charge < -0.3 is 39.4 Å². The second-order valence-electron chi connectivity index (χ2n) is 13.4. The van der Waals surface area contributed by atoms with E-state index in [4.69, 9.17) is 18.9 Å². The van der Waals surface area contributed by atoms with Crippen LogP contribution in [0.15, 0.2) is 0 Å². The predicted octanol–water partition coefficient (Wildman–Crippen LogP) is 6.66. The van der Waals surface area contributed by atoms with E-state index in [1.165, 1.54) is 96.3 Å². The second-order valence-corrected chi connectivity index (χ2v) is 13.4. The highest BCUT2D eigenvalue weighted by Gasteiger charge is 2.44. The average Bonchev–Trinajstić information content (AvgIpc) is 3.06. The summed E-state index contributed by atoms with van der Waals surface area (Å²) in [5.74, 6) is -0.801. The van der Waals surface area contributed by atoms with Gasteiger partial charge in [-0.15, -0.1) is 0 Å². The molecule has 0 aromatic rings. The number of ether oxygens (including phenoxy) is 4. The molecule has 278 valence electrons. The molecular weight excluding hydrogens is 604 g/mol. The zero-order chi connectivity index (χ0) is 34.5. The van der Waals surface area contributed by atoms with E-state index in [2.05, 4.69) is 13.8 Å². The standard InChI is InChI=1S/C37H70O10/c1-3-5-7-9-11-13-15-17-19-21-23-25-32(39)44-28-30(29-45-37-36(43)35(42)34(41)31(27-38)47-37)46-33(40)26-24-22-20-18-16-14-12-10-8-6-4-2/h30-31,34-38,41-43H,3-29H2,1-2H3/t30-,31-,34-,35+,36-,37+/m1/s1. The highest BCUT2D eigenvalue weighted by atomic mass is 16.7. The Hall–Kier alpha value is -1.30. The minimum Gasteiger partial charge on any atom is -0.462 e. The monoisotopic (exact) mass is 674 g/mol. The molecule has 47 heavy (non-hydrogen) atoms. The van der Waals surface area contributed by atoms with Gasteiger partial charge in [0, 0.05) is 12.8 Å². The Morgan fingerprint density at radius 2 is 1.00 bits per heavy atom. The molecule has 0 spiro atoms. The molecule has 0 saturated carbocycles. The fraction of sp³-hybridized carbons (Fsp3) is 0.946. The molecule has 10 heteroatoms. The molecule has 0 aliphatic carbocycles. The molecule has 0 aromatic carbocycles. The van der Waals surface area contributed by atoms with Gasteiger partial charge >= 0.3 is 11.9 Å². The van der Waals surface area contributed by atoms with Gasteiger partial charge in [0.1, 0.15) is 31.0 Å². The van der Waals surface area contributed by atoms with Gasteiger partial charge in [0.2, 0.25) is 0 Å². The lowest BCUT2D eigenvalue weighted by Crippen LogP contribution is -2.59. The lowest BCUT2D eigenvalue weighted by Gasteiger charge is -2.39. The van der Waals surface area contributed by atoms with Crippen LogP contribution in [0.3, 0.4) is 0 Å². The second kappa shape index (κ2) is 29.6. The first kappa shape index (κ1) is 43.7. The summed E-state index contributed by atoms with van der Waals surface area (Å²) in [6.07, 6.45) is 18.3. The third-order valence-corrected chi connectivity index (χ3v) is 8.99. The number of carbonyl (C=O) groups is 2. The Balaban J connectivity index is 2.40. The molecular formula is C37H70O10. The van der Waals surface area contributed by atoms with Gasteiger partial charge in [0.25, 0.3) is 0 Å². The van der Waals surface area contributed by atoms with Crippen molar-refractivity contribution in [2.24, 2.45) is 0 Å². The molecule has 1 fully saturated rings. The van der Waals surface area contributed by atoms with Crippen LogP contribution in [-0.2, 0) is 28.5 Å². The lowest BCUT2D eigenvalue weighted by atomic mass is 9.99. The molecule has 10 nitrogen and oxygen atoms in total. The van der Waals surface area contributed by atoms with Crippen molar-refractivity contribution in [3.63, 3.8) is 0 Å². The summed E-state index contributed by atoms with van der Waals surface area (Å²) in [5, 5.41) is 39.8. The molecule has 1 saturated heterocycles. The van der Waals surface area contributed by atoms with Crippen molar-refractivity contribution in [2.75, 3.05) is 19.8 Å². The summed E-state index contributed by atoms with van der Waals surface area (Å²) in [4.78, 5) is 25.1. The van der Waals surface area contributed by atoms with Crippen LogP contribution in [0.1, 0.15) is 168 Å². The zero-order valence-electron chi connectivity index (χ0n) is 29.8. The third kappa shape index (κ3) is 22.1. The van der Waals surface area contributed by atoms with E-state index in [9.17, 15) is 30.0 Å². The first-order valence-electron chi connectivity index (χ1n) is 19.1. The van der Waals surface area contributed by atoms with E-state index in [0.29, 0.717) is 6.42 Å². The molecule has 4 N–H and O–H groups in total. The van der Waals surface area contributed by atoms with E-state index in [0.717, 1.165) is 38.5 Å². The van der Waals surface area contributed by atoms with E-state index >= 15 is 0 Å². The molecule has 0 radical (unpaired) electrons. The van der Waals surface area contributed by atoms with E-state index in [-0.39, 0.29) is 32.0 Å². The van der Waals surface area contributed by atoms with Gasteiger partial charge in [-0.05, 0) is 12.8 Å². The summed E-state index contributed by atoms with van der Waals surface area (Å²) in [6.45, 7) is 3.39. The average molecular weight is 675 g/mol. The Bertz CT molecular complexity index is 749.